The first-order chi connectivity index (χ1) is 15.8. The summed E-state index contributed by atoms with van der Waals surface area (Å²) in [6.07, 6.45) is 1.80. The van der Waals surface area contributed by atoms with Crippen molar-refractivity contribution in [1.82, 2.24) is 25.4 Å². The third-order valence-corrected chi connectivity index (χ3v) is 7.17. The fourth-order valence-electron chi connectivity index (χ4n) is 3.31. The van der Waals surface area contributed by atoms with E-state index in [-0.39, 0.29) is 17.6 Å². The van der Waals surface area contributed by atoms with Crippen molar-refractivity contribution in [3.05, 3.63) is 76.0 Å². The number of carbonyl (C=O) groups is 2. The summed E-state index contributed by atoms with van der Waals surface area (Å²) in [5, 5.41) is 11.3. The van der Waals surface area contributed by atoms with E-state index in [1.54, 1.807) is 32.2 Å². The van der Waals surface area contributed by atoms with Crippen LogP contribution >= 0.6 is 35.0 Å². The SMILES string of the molecule is CC[C@](C)(C(=O)N[C@@H](c1ccc(Cl)cc1)c1ccccc1Cl)N(C)C(=O)CSc1ncn[nH]1. The molecular formula is C23H25Cl2N5O2S. The fraction of sp³-hybridized carbons (Fsp3) is 0.304. The highest BCUT2D eigenvalue weighted by molar-refractivity contribution is 7.99. The minimum absolute atomic E-state index is 0.125. The number of H-pyrrole nitrogens is 1. The zero-order chi connectivity index (χ0) is 24.0. The number of halogens is 2. The van der Waals surface area contributed by atoms with Crippen molar-refractivity contribution in [2.45, 2.75) is 37.0 Å². The number of nitrogens with zero attached hydrogens (tertiary/aromatic N) is 3. The first kappa shape index (κ1) is 25.1. The molecule has 10 heteroatoms. The van der Waals surface area contributed by atoms with Gasteiger partial charge in [-0.25, -0.2) is 4.98 Å². The van der Waals surface area contributed by atoms with Crippen LogP contribution in [-0.4, -0.2) is 50.2 Å². The van der Waals surface area contributed by atoms with E-state index in [1.165, 1.54) is 23.0 Å². The van der Waals surface area contributed by atoms with Crippen molar-refractivity contribution in [2.24, 2.45) is 0 Å². The van der Waals surface area contributed by atoms with Crippen molar-refractivity contribution >= 4 is 46.8 Å². The Balaban J connectivity index is 1.84. The molecule has 2 aromatic carbocycles. The fourth-order valence-corrected chi connectivity index (χ4v) is 4.37. The van der Waals surface area contributed by atoms with Gasteiger partial charge in [0.1, 0.15) is 11.9 Å². The lowest BCUT2D eigenvalue weighted by molar-refractivity contribution is -0.144. The molecule has 3 aromatic rings. The first-order valence-electron chi connectivity index (χ1n) is 10.3. The molecule has 0 radical (unpaired) electrons. The molecule has 1 aromatic heterocycles. The molecule has 0 bridgehead atoms. The predicted octanol–water partition coefficient (Wildman–Crippen LogP) is 4.74. The highest BCUT2D eigenvalue weighted by atomic mass is 35.5. The van der Waals surface area contributed by atoms with Crippen molar-refractivity contribution < 1.29 is 9.59 Å². The van der Waals surface area contributed by atoms with Crippen LogP contribution in [0.15, 0.2) is 60.0 Å². The average Bonchev–Trinajstić information content (AvgIpc) is 3.34. The van der Waals surface area contributed by atoms with Gasteiger partial charge in [0.25, 0.3) is 0 Å². The standard InChI is InChI=1S/C23H25Cl2N5O2S/c1-4-23(2,30(3)19(31)13-33-22-26-14-27-29-22)21(32)28-20(15-9-11-16(24)12-10-15)17-7-5-6-8-18(17)25/h5-12,14,20H,4,13H2,1-3H3,(H,28,32)(H,26,27,29)/t20-,23+/m0/s1. The van der Waals surface area contributed by atoms with Crippen LogP contribution in [0.2, 0.25) is 10.0 Å². The molecule has 0 spiro atoms. The molecule has 3 rings (SSSR count). The highest BCUT2D eigenvalue weighted by Gasteiger charge is 2.39. The Kier molecular flexibility index (Phi) is 8.40. The van der Waals surface area contributed by atoms with Gasteiger partial charge in [-0.05, 0) is 42.7 Å². The normalized spacial score (nSPS) is 13.7. The van der Waals surface area contributed by atoms with Crippen LogP contribution in [0.4, 0.5) is 0 Å². The third kappa shape index (κ3) is 5.88. The summed E-state index contributed by atoms with van der Waals surface area (Å²) in [4.78, 5) is 32.0. The summed E-state index contributed by atoms with van der Waals surface area (Å²) >= 11 is 13.8. The lowest BCUT2D eigenvalue weighted by Crippen LogP contribution is -2.58. The van der Waals surface area contributed by atoms with E-state index in [9.17, 15) is 9.59 Å². The minimum Gasteiger partial charge on any atom is -0.343 e. The van der Waals surface area contributed by atoms with Gasteiger partial charge >= 0.3 is 0 Å². The molecular weight excluding hydrogens is 481 g/mol. The Morgan fingerprint density at radius 2 is 1.88 bits per heavy atom. The maximum Gasteiger partial charge on any atom is 0.246 e. The van der Waals surface area contributed by atoms with Gasteiger partial charge in [-0.2, -0.15) is 5.10 Å². The highest BCUT2D eigenvalue weighted by Crippen LogP contribution is 2.31. The van der Waals surface area contributed by atoms with Crippen LogP contribution in [0.5, 0.6) is 0 Å². The second kappa shape index (κ2) is 11.0. The molecule has 2 amide bonds. The van der Waals surface area contributed by atoms with E-state index in [0.29, 0.717) is 21.6 Å². The molecule has 7 nitrogen and oxygen atoms in total. The van der Waals surface area contributed by atoms with Gasteiger partial charge in [0.2, 0.25) is 11.8 Å². The maximum atomic E-state index is 13.6. The predicted molar refractivity (Wildman–Crippen MR) is 131 cm³/mol. The number of thioether (sulfide) groups is 1. The number of nitrogens with one attached hydrogen (secondary N) is 2. The van der Waals surface area contributed by atoms with E-state index in [0.717, 1.165) is 11.1 Å². The molecule has 0 aliphatic carbocycles. The van der Waals surface area contributed by atoms with E-state index in [2.05, 4.69) is 20.5 Å². The number of rotatable bonds is 9. The number of aromatic amines is 1. The van der Waals surface area contributed by atoms with E-state index in [1.807, 2.05) is 37.3 Å². The number of likely N-dealkylation sites (N-methyl/N-ethyl adjacent to an activating group) is 1. The quantitative estimate of drug-likeness (QED) is 0.410. The molecule has 1 heterocycles. The van der Waals surface area contributed by atoms with Gasteiger partial charge in [0.05, 0.1) is 11.8 Å². The number of aromatic nitrogens is 3. The number of hydrogen-bond acceptors (Lipinski definition) is 5. The van der Waals surface area contributed by atoms with Crippen molar-refractivity contribution in [3.63, 3.8) is 0 Å². The lowest BCUT2D eigenvalue weighted by atomic mass is 9.92. The zero-order valence-electron chi connectivity index (χ0n) is 18.5. The van der Waals surface area contributed by atoms with Crippen LogP contribution in [0, 0.1) is 0 Å². The molecule has 0 aliphatic rings. The Hall–Kier alpha value is -2.55. The van der Waals surface area contributed by atoms with Crippen molar-refractivity contribution in [2.75, 3.05) is 12.8 Å². The molecule has 2 atom stereocenters. The summed E-state index contributed by atoms with van der Waals surface area (Å²) < 4.78 is 0. The summed E-state index contributed by atoms with van der Waals surface area (Å²) in [6.45, 7) is 3.63. The molecule has 33 heavy (non-hydrogen) atoms. The molecule has 0 saturated heterocycles. The topological polar surface area (TPSA) is 91.0 Å². The van der Waals surface area contributed by atoms with E-state index >= 15 is 0 Å². The second-order valence-corrected chi connectivity index (χ2v) is 9.45. The molecule has 0 saturated carbocycles. The van der Waals surface area contributed by atoms with Gasteiger partial charge in [0, 0.05) is 17.1 Å². The zero-order valence-corrected chi connectivity index (χ0v) is 20.8. The smallest absolute Gasteiger partial charge is 0.246 e. The van der Waals surface area contributed by atoms with Crippen molar-refractivity contribution in [1.29, 1.82) is 0 Å². The minimum atomic E-state index is -1.08. The summed E-state index contributed by atoms with van der Waals surface area (Å²) in [6, 6.07) is 14.1. The molecule has 0 unspecified atom stereocenters. The van der Waals surface area contributed by atoms with Gasteiger partial charge in [0.15, 0.2) is 5.16 Å². The van der Waals surface area contributed by atoms with Gasteiger partial charge in [-0.1, -0.05) is 72.2 Å². The van der Waals surface area contributed by atoms with Crippen LogP contribution in [0.25, 0.3) is 0 Å². The molecule has 0 fully saturated rings. The third-order valence-electron chi connectivity index (χ3n) is 5.71. The number of carbonyl (C=O) groups excluding carboxylic acids is 2. The second-order valence-electron chi connectivity index (χ2n) is 7.64. The van der Waals surface area contributed by atoms with Gasteiger partial charge in [-0.15, -0.1) is 0 Å². The van der Waals surface area contributed by atoms with Crippen LogP contribution in [0.3, 0.4) is 0 Å². The average molecular weight is 506 g/mol. The number of amides is 2. The van der Waals surface area contributed by atoms with Gasteiger partial charge < -0.3 is 10.2 Å². The number of benzene rings is 2. The largest absolute Gasteiger partial charge is 0.343 e. The summed E-state index contributed by atoms with van der Waals surface area (Å²) in [5.74, 6) is -0.360. The summed E-state index contributed by atoms with van der Waals surface area (Å²) in [5.41, 5.74) is 0.502. The molecule has 174 valence electrons. The monoisotopic (exact) mass is 505 g/mol. The Morgan fingerprint density at radius 3 is 2.48 bits per heavy atom. The molecule has 0 aliphatic heterocycles. The Labute approximate surface area is 207 Å². The van der Waals surface area contributed by atoms with Crippen LogP contribution in [-0.2, 0) is 9.59 Å². The summed E-state index contributed by atoms with van der Waals surface area (Å²) in [7, 11) is 1.64. The lowest BCUT2D eigenvalue weighted by Gasteiger charge is -2.38. The van der Waals surface area contributed by atoms with Gasteiger partial charge in [-0.3, -0.25) is 14.7 Å². The molecule has 2 N–H and O–H groups in total. The Morgan fingerprint density at radius 1 is 1.18 bits per heavy atom. The van der Waals surface area contributed by atoms with Crippen molar-refractivity contribution in [3.8, 4) is 0 Å². The van der Waals surface area contributed by atoms with E-state index in [4.69, 9.17) is 23.2 Å². The van der Waals surface area contributed by atoms with Crippen LogP contribution in [0.1, 0.15) is 37.4 Å². The first-order valence-corrected chi connectivity index (χ1v) is 12.1. The van der Waals surface area contributed by atoms with Crippen LogP contribution < -0.4 is 5.32 Å². The maximum absolute atomic E-state index is 13.6. The number of hydrogen-bond donors (Lipinski definition) is 2. The Bertz CT molecular complexity index is 1090. The van der Waals surface area contributed by atoms with E-state index < -0.39 is 11.6 Å².